The van der Waals surface area contributed by atoms with Gasteiger partial charge in [0.05, 0.1) is 5.60 Å². The normalized spacial score (nSPS) is 11.9. The summed E-state index contributed by atoms with van der Waals surface area (Å²) in [4.78, 5) is 0. The van der Waals surface area contributed by atoms with Gasteiger partial charge in [0.25, 0.3) is 0 Å². The van der Waals surface area contributed by atoms with Crippen LogP contribution in [0, 0.1) is 0 Å². The van der Waals surface area contributed by atoms with Crippen molar-refractivity contribution in [1.82, 2.24) is 15.1 Å². The molecule has 1 aromatic heterocycles. The van der Waals surface area contributed by atoms with Gasteiger partial charge in [-0.3, -0.25) is 4.68 Å². The van der Waals surface area contributed by atoms with Crippen LogP contribution in [-0.2, 0) is 11.3 Å². The largest absolute Gasteiger partial charge is 0.379 e. The number of nitrogens with one attached hydrogen (secondary N) is 1. The Kier molecular flexibility index (Phi) is 5.49. The van der Waals surface area contributed by atoms with E-state index < -0.39 is 0 Å². The summed E-state index contributed by atoms with van der Waals surface area (Å²) in [5.74, 6) is 0. The zero-order chi connectivity index (χ0) is 11.9. The molecule has 92 valence electrons. The molecule has 1 rings (SSSR count). The van der Waals surface area contributed by atoms with Gasteiger partial charge in [-0.15, -0.1) is 0 Å². The summed E-state index contributed by atoms with van der Waals surface area (Å²) in [7, 11) is 1.76. The minimum absolute atomic E-state index is 0.0189. The van der Waals surface area contributed by atoms with Crippen molar-refractivity contribution in [3.8, 4) is 0 Å². The average molecular weight is 225 g/mol. The Morgan fingerprint density at radius 3 is 2.81 bits per heavy atom. The minimum atomic E-state index is -0.0189. The second-order valence-electron chi connectivity index (χ2n) is 4.59. The van der Waals surface area contributed by atoms with Gasteiger partial charge in [0.2, 0.25) is 0 Å². The topological polar surface area (TPSA) is 39.1 Å². The summed E-state index contributed by atoms with van der Waals surface area (Å²) < 4.78 is 7.31. The number of hydrogen-bond donors (Lipinski definition) is 1. The molecule has 0 bridgehead atoms. The molecule has 1 aromatic rings. The molecule has 0 atom stereocenters. The van der Waals surface area contributed by atoms with E-state index in [1.807, 2.05) is 23.1 Å². The van der Waals surface area contributed by atoms with E-state index in [1.165, 1.54) is 0 Å². The molecule has 1 N–H and O–H groups in total. The van der Waals surface area contributed by atoms with Crippen molar-refractivity contribution in [2.24, 2.45) is 0 Å². The maximum Gasteiger partial charge on any atom is 0.0634 e. The lowest BCUT2D eigenvalue weighted by Crippen LogP contribution is -2.29. The average Bonchev–Trinajstić information content (AvgIpc) is 2.76. The monoisotopic (exact) mass is 225 g/mol. The van der Waals surface area contributed by atoms with Gasteiger partial charge in [-0.05, 0) is 45.8 Å². The maximum absolute atomic E-state index is 5.35. The summed E-state index contributed by atoms with van der Waals surface area (Å²) in [6.07, 6.45) is 5.95. The summed E-state index contributed by atoms with van der Waals surface area (Å²) in [6.45, 7) is 7.23. The van der Waals surface area contributed by atoms with Crippen LogP contribution in [0.1, 0.15) is 26.7 Å². The van der Waals surface area contributed by atoms with Crippen molar-refractivity contribution >= 4 is 0 Å². The Morgan fingerprint density at radius 1 is 1.38 bits per heavy atom. The smallest absolute Gasteiger partial charge is 0.0634 e. The molecule has 0 aromatic carbocycles. The lowest BCUT2D eigenvalue weighted by molar-refractivity contribution is 0.0159. The lowest BCUT2D eigenvalue weighted by Gasteiger charge is -2.22. The van der Waals surface area contributed by atoms with Crippen molar-refractivity contribution in [2.75, 3.05) is 20.2 Å². The van der Waals surface area contributed by atoms with Crippen molar-refractivity contribution in [3.05, 3.63) is 18.5 Å². The van der Waals surface area contributed by atoms with Crippen LogP contribution >= 0.6 is 0 Å². The molecule has 0 amide bonds. The van der Waals surface area contributed by atoms with Crippen LogP contribution in [0.15, 0.2) is 18.5 Å². The highest BCUT2D eigenvalue weighted by molar-refractivity contribution is 4.77. The number of aromatic nitrogens is 2. The first kappa shape index (κ1) is 13.2. The van der Waals surface area contributed by atoms with Crippen LogP contribution < -0.4 is 5.32 Å². The van der Waals surface area contributed by atoms with Crippen LogP contribution in [0.2, 0.25) is 0 Å². The first-order chi connectivity index (χ1) is 7.64. The Bertz CT molecular complexity index is 270. The van der Waals surface area contributed by atoms with Crippen molar-refractivity contribution < 1.29 is 4.74 Å². The lowest BCUT2D eigenvalue weighted by atomic mass is 10.1. The maximum atomic E-state index is 5.35. The highest BCUT2D eigenvalue weighted by atomic mass is 16.5. The molecule has 0 aliphatic heterocycles. The zero-order valence-electron chi connectivity index (χ0n) is 10.6. The van der Waals surface area contributed by atoms with Crippen molar-refractivity contribution in [1.29, 1.82) is 0 Å². The van der Waals surface area contributed by atoms with Crippen molar-refractivity contribution in [2.45, 2.75) is 38.8 Å². The van der Waals surface area contributed by atoms with E-state index in [9.17, 15) is 0 Å². The number of hydrogen-bond acceptors (Lipinski definition) is 3. The highest BCUT2D eigenvalue weighted by Crippen LogP contribution is 2.11. The van der Waals surface area contributed by atoms with Gasteiger partial charge in [-0.1, -0.05) is 0 Å². The van der Waals surface area contributed by atoms with E-state index in [2.05, 4.69) is 24.3 Å². The third-order valence-corrected chi connectivity index (χ3v) is 2.76. The van der Waals surface area contributed by atoms with Crippen LogP contribution in [0.5, 0.6) is 0 Å². The van der Waals surface area contributed by atoms with Crippen molar-refractivity contribution in [3.63, 3.8) is 0 Å². The third-order valence-electron chi connectivity index (χ3n) is 2.76. The molecule has 0 fully saturated rings. The first-order valence-electron chi connectivity index (χ1n) is 5.87. The second-order valence-corrected chi connectivity index (χ2v) is 4.59. The number of aryl methyl sites for hydroxylation is 1. The van der Waals surface area contributed by atoms with E-state index >= 15 is 0 Å². The standard InChI is InChI=1S/C12H23N3O/c1-12(2,16-3)6-9-13-7-4-10-15-11-5-8-14-15/h5,8,11,13H,4,6-7,9-10H2,1-3H3. The quantitative estimate of drug-likeness (QED) is 0.684. The van der Waals surface area contributed by atoms with E-state index in [-0.39, 0.29) is 5.60 Å². The molecule has 16 heavy (non-hydrogen) atoms. The van der Waals surface area contributed by atoms with Crippen LogP contribution in [-0.4, -0.2) is 35.6 Å². The number of nitrogens with zero attached hydrogens (tertiary/aromatic N) is 2. The fourth-order valence-electron chi connectivity index (χ4n) is 1.42. The van der Waals surface area contributed by atoms with Crippen LogP contribution in [0.4, 0.5) is 0 Å². The molecular formula is C12H23N3O. The molecule has 0 unspecified atom stereocenters. The van der Waals surface area contributed by atoms with Gasteiger partial charge in [0.15, 0.2) is 0 Å². The van der Waals surface area contributed by atoms with Gasteiger partial charge < -0.3 is 10.1 Å². The predicted molar refractivity (Wildman–Crippen MR) is 65.4 cm³/mol. The number of ether oxygens (including phenoxy) is 1. The molecule has 0 aliphatic rings. The fourth-order valence-corrected chi connectivity index (χ4v) is 1.42. The Balaban J connectivity index is 1.96. The van der Waals surface area contributed by atoms with E-state index in [0.29, 0.717) is 0 Å². The van der Waals surface area contributed by atoms with Crippen LogP contribution in [0.3, 0.4) is 0 Å². The molecular weight excluding hydrogens is 202 g/mol. The van der Waals surface area contributed by atoms with Gasteiger partial charge in [0, 0.05) is 26.0 Å². The Hall–Kier alpha value is -0.870. The van der Waals surface area contributed by atoms with E-state index in [1.54, 1.807) is 7.11 Å². The summed E-state index contributed by atoms with van der Waals surface area (Å²) in [6, 6.07) is 1.95. The van der Waals surface area contributed by atoms with Gasteiger partial charge in [0.1, 0.15) is 0 Å². The number of methoxy groups -OCH3 is 1. The van der Waals surface area contributed by atoms with Gasteiger partial charge in [-0.2, -0.15) is 5.10 Å². The minimum Gasteiger partial charge on any atom is -0.379 e. The zero-order valence-corrected chi connectivity index (χ0v) is 10.6. The third kappa shape index (κ3) is 5.28. The van der Waals surface area contributed by atoms with E-state index in [4.69, 9.17) is 4.74 Å². The highest BCUT2D eigenvalue weighted by Gasteiger charge is 2.14. The summed E-state index contributed by atoms with van der Waals surface area (Å²) >= 11 is 0. The summed E-state index contributed by atoms with van der Waals surface area (Å²) in [5.41, 5.74) is -0.0189. The fraction of sp³-hybridized carbons (Fsp3) is 0.750. The molecule has 1 heterocycles. The SMILES string of the molecule is COC(C)(C)CCNCCCn1cccn1. The molecule has 0 saturated heterocycles. The molecule has 0 spiro atoms. The molecule has 4 heteroatoms. The Labute approximate surface area is 98.0 Å². The molecule has 4 nitrogen and oxygen atoms in total. The van der Waals surface area contributed by atoms with E-state index in [0.717, 1.165) is 32.5 Å². The molecule has 0 saturated carbocycles. The first-order valence-corrected chi connectivity index (χ1v) is 5.87. The van der Waals surface area contributed by atoms with Gasteiger partial charge in [-0.25, -0.2) is 0 Å². The predicted octanol–water partition coefficient (Wildman–Crippen LogP) is 1.68. The second kappa shape index (κ2) is 6.66. The van der Waals surface area contributed by atoms with Gasteiger partial charge >= 0.3 is 0 Å². The summed E-state index contributed by atoms with van der Waals surface area (Å²) in [5, 5.41) is 7.57. The number of rotatable bonds is 8. The molecule has 0 aliphatic carbocycles. The Morgan fingerprint density at radius 2 is 2.19 bits per heavy atom. The van der Waals surface area contributed by atoms with Crippen LogP contribution in [0.25, 0.3) is 0 Å². The molecule has 0 radical (unpaired) electrons.